The Hall–Kier alpha value is -2.48. The van der Waals surface area contributed by atoms with Gasteiger partial charge in [0.05, 0.1) is 0 Å². The maximum atomic E-state index is 10.4. The van der Waals surface area contributed by atoms with Gasteiger partial charge >= 0.3 is 12.1 Å². The van der Waals surface area contributed by atoms with Crippen molar-refractivity contribution in [2.45, 2.75) is 12.5 Å². The van der Waals surface area contributed by atoms with E-state index in [1.54, 1.807) is 0 Å². The van der Waals surface area contributed by atoms with Crippen LogP contribution in [-0.4, -0.2) is 38.5 Å². The number of aliphatic carboxylic acids is 1. The Labute approximate surface area is 102 Å². The van der Waals surface area contributed by atoms with E-state index in [2.05, 4.69) is 5.73 Å². The zero-order chi connectivity index (χ0) is 14.3. The highest BCUT2D eigenvalue weighted by Gasteiger charge is 2.12. The van der Waals surface area contributed by atoms with Gasteiger partial charge in [0, 0.05) is 0 Å². The van der Waals surface area contributed by atoms with E-state index < -0.39 is 18.1 Å². The van der Waals surface area contributed by atoms with Gasteiger partial charge in [-0.05, 0) is 24.1 Å². The van der Waals surface area contributed by atoms with Gasteiger partial charge in [0.25, 0.3) is 0 Å². The van der Waals surface area contributed by atoms with Gasteiger partial charge in [-0.1, -0.05) is 6.07 Å². The third-order valence-electron chi connectivity index (χ3n) is 1.81. The number of aromatic hydroxyl groups is 2. The van der Waals surface area contributed by atoms with E-state index >= 15 is 0 Å². The average molecular weight is 258 g/mol. The summed E-state index contributed by atoms with van der Waals surface area (Å²) in [5.74, 6) is -1.62. The number of hydrogen-bond donors (Lipinski definition) is 6. The van der Waals surface area contributed by atoms with Crippen LogP contribution in [-0.2, 0) is 11.2 Å². The van der Waals surface area contributed by atoms with Crippen molar-refractivity contribution in [3.63, 3.8) is 0 Å². The number of amides is 1. The molecular formula is C10H14N2O6. The molecule has 0 aliphatic rings. The largest absolute Gasteiger partial charge is 0.504 e. The molecule has 0 aromatic heterocycles. The highest BCUT2D eigenvalue weighted by Crippen LogP contribution is 2.25. The lowest BCUT2D eigenvalue weighted by atomic mass is 10.1. The number of benzene rings is 1. The fraction of sp³-hybridized carbons (Fsp3) is 0.200. The smallest absolute Gasteiger partial charge is 0.402 e. The van der Waals surface area contributed by atoms with Crippen molar-refractivity contribution in [2.75, 3.05) is 0 Å². The molecule has 0 heterocycles. The zero-order valence-corrected chi connectivity index (χ0v) is 9.28. The van der Waals surface area contributed by atoms with Crippen LogP contribution in [0.2, 0.25) is 0 Å². The van der Waals surface area contributed by atoms with Crippen molar-refractivity contribution < 1.29 is 30.0 Å². The Kier molecular flexibility index (Phi) is 6.01. The van der Waals surface area contributed by atoms with E-state index in [1.165, 1.54) is 18.2 Å². The normalized spacial score (nSPS) is 10.9. The molecule has 1 aromatic carbocycles. The lowest BCUT2D eigenvalue weighted by Crippen LogP contribution is -2.32. The summed E-state index contributed by atoms with van der Waals surface area (Å²) in [5.41, 5.74) is 9.89. The second-order valence-corrected chi connectivity index (χ2v) is 3.31. The fourth-order valence-corrected chi connectivity index (χ4v) is 1.04. The Bertz CT molecular complexity index is 430. The van der Waals surface area contributed by atoms with Gasteiger partial charge < -0.3 is 31.9 Å². The van der Waals surface area contributed by atoms with E-state index in [0.717, 1.165) is 0 Å². The Balaban J connectivity index is 0.000000631. The number of carbonyl (C=O) groups is 2. The lowest BCUT2D eigenvalue weighted by molar-refractivity contribution is -0.138. The van der Waals surface area contributed by atoms with E-state index in [0.29, 0.717) is 5.56 Å². The third-order valence-corrected chi connectivity index (χ3v) is 1.81. The molecule has 0 saturated carbocycles. The molecule has 100 valence electrons. The van der Waals surface area contributed by atoms with Crippen LogP contribution in [0.5, 0.6) is 11.5 Å². The molecule has 1 rings (SSSR count). The molecule has 1 aromatic rings. The van der Waals surface area contributed by atoms with Gasteiger partial charge in [-0.3, -0.25) is 4.79 Å². The van der Waals surface area contributed by atoms with Crippen molar-refractivity contribution in [3.8, 4) is 11.5 Å². The number of primary amides is 1. The summed E-state index contributed by atoms with van der Waals surface area (Å²) in [6.45, 7) is 0. The monoisotopic (exact) mass is 258 g/mol. The molecule has 0 bridgehead atoms. The second kappa shape index (κ2) is 6.97. The highest BCUT2D eigenvalue weighted by atomic mass is 16.4. The molecule has 0 saturated heterocycles. The second-order valence-electron chi connectivity index (χ2n) is 3.31. The highest BCUT2D eigenvalue weighted by molar-refractivity contribution is 5.73. The summed E-state index contributed by atoms with van der Waals surface area (Å²) in [4.78, 5) is 19.2. The molecule has 0 aliphatic heterocycles. The summed E-state index contributed by atoms with van der Waals surface area (Å²) >= 11 is 0. The predicted molar refractivity (Wildman–Crippen MR) is 61.3 cm³/mol. The number of phenols is 2. The first kappa shape index (κ1) is 15.5. The molecule has 18 heavy (non-hydrogen) atoms. The molecule has 8 N–H and O–H groups in total. The van der Waals surface area contributed by atoms with Crippen LogP contribution in [0.4, 0.5) is 4.79 Å². The number of rotatable bonds is 3. The van der Waals surface area contributed by atoms with E-state index in [1.807, 2.05) is 0 Å². The molecule has 0 fully saturated rings. The molecule has 1 amide bonds. The van der Waals surface area contributed by atoms with Crippen LogP contribution in [0.25, 0.3) is 0 Å². The van der Waals surface area contributed by atoms with Crippen LogP contribution in [0.1, 0.15) is 5.56 Å². The van der Waals surface area contributed by atoms with Gasteiger partial charge in [-0.2, -0.15) is 0 Å². The van der Waals surface area contributed by atoms with Crippen molar-refractivity contribution in [1.29, 1.82) is 0 Å². The average Bonchev–Trinajstić information content (AvgIpc) is 2.22. The molecule has 0 radical (unpaired) electrons. The molecule has 8 heteroatoms. The minimum Gasteiger partial charge on any atom is -0.504 e. The molecule has 0 unspecified atom stereocenters. The van der Waals surface area contributed by atoms with Gasteiger partial charge in [0.15, 0.2) is 11.5 Å². The lowest BCUT2D eigenvalue weighted by Gasteiger charge is -2.06. The maximum absolute atomic E-state index is 10.4. The molecule has 0 aliphatic carbocycles. The number of phenolic OH excluding ortho intramolecular Hbond substituents is 2. The van der Waals surface area contributed by atoms with Crippen LogP contribution in [0.3, 0.4) is 0 Å². The molecule has 1 atom stereocenters. The van der Waals surface area contributed by atoms with Gasteiger partial charge in [-0.15, -0.1) is 0 Å². The maximum Gasteiger partial charge on any atom is 0.402 e. The number of nitrogens with two attached hydrogens (primary N) is 2. The standard InChI is InChI=1S/C9H11NO4.CH3NO2/c10-6(9(13)14)3-5-1-2-7(11)8(12)4-5;2-1(3)4/h1-2,4,6,11-12H,3,10H2,(H,13,14);2H2,(H,3,4)/t6-;/m0./s1. The Morgan fingerprint density at radius 2 is 1.67 bits per heavy atom. The number of hydrogen-bond acceptors (Lipinski definition) is 5. The first-order valence-electron chi connectivity index (χ1n) is 4.71. The van der Waals surface area contributed by atoms with Gasteiger partial charge in [0.1, 0.15) is 6.04 Å². The SMILES string of the molecule is NC(=O)O.N[C@@H](Cc1ccc(O)c(O)c1)C(=O)O. The van der Waals surface area contributed by atoms with Crippen molar-refractivity contribution in [1.82, 2.24) is 0 Å². The van der Waals surface area contributed by atoms with Crippen molar-refractivity contribution >= 4 is 12.1 Å². The third kappa shape index (κ3) is 6.18. The van der Waals surface area contributed by atoms with Crippen LogP contribution < -0.4 is 11.5 Å². The van der Waals surface area contributed by atoms with Crippen molar-refractivity contribution in [2.24, 2.45) is 11.5 Å². The number of carboxylic acid groups (broad SMARTS) is 2. The zero-order valence-electron chi connectivity index (χ0n) is 9.28. The predicted octanol–water partition coefficient (Wildman–Crippen LogP) is -0.325. The van der Waals surface area contributed by atoms with Gasteiger partial charge in [-0.25, -0.2) is 4.79 Å². The molecule has 0 spiro atoms. The minimum absolute atomic E-state index is 0.114. The molecule has 8 nitrogen and oxygen atoms in total. The quantitative estimate of drug-likeness (QED) is 0.403. The number of carboxylic acids is 1. The summed E-state index contributed by atoms with van der Waals surface area (Å²) in [6, 6.07) is 3.09. The summed E-state index contributed by atoms with van der Waals surface area (Å²) in [5, 5.41) is 33.8. The van der Waals surface area contributed by atoms with Gasteiger partial charge in [0.2, 0.25) is 0 Å². The van der Waals surface area contributed by atoms with E-state index in [4.69, 9.17) is 31.0 Å². The van der Waals surface area contributed by atoms with Crippen LogP contribution >= 0.6 is 0 Å². The Morgan fingerprint density at radius 1 is 1.17 bits per heavy atom. The summed E-state index contributed by atoms with van der Waals surface area (Å²) in [7, 11) is 0. The minimum atomic E-state index is -1.33. The van der Waals surface area contributed by atoms with Crippen molar-refractivity contribution in [3.05, 3.63) is 23.8 Å². The summed E-state index contributed by atoms with van der Waals surface area (Å²) < 4.78 is 0. The van der Waals surface area contributed by atoms with E-state index in [-0.39, 0.29) is 17.9 Å². The van der Waals surface area contributed by atoms with E-state index in [9.17, 15) is 4.79 Å². The Morgan fingerprint density at radius 3 is 2.06 bits per heavy atom. The first-order chi connectivity index (χ1) is 8.23. The first-order valence-corrected chi connectivity index (χ1v) is 4.71. The van der Waals surface area contributed by atoms with Crippen LogP contribution in [0, 0.1) is 0 Å². The fourth-order valence-electron chi connectivity index (χ4n) is 1.04. The topological polar surface area (TPSA) is 167 Å². The van der Waals surface area contributed by atoms with Crippen LogP contribution in [0.15, 0.2) is 18.2 Å². The molecular weight excluding hydrogens is 244 g/mol. The summed E-state index contributed by atoms with van der Waals surface area (Å²) in [6.07, 6.45) is -1.22.